The highest BCUT2D eigenvalue weighted by Gasteiger charge is 2.17. The molecular weight excluding hydrogens is 350 g/mol. The third-order valence-corrected chi connectivity index (χ3v) is 5.50. The fraction of sp³-hybridized carbons (Fsp3) is 0.550. The van der Waals surface area contributed by atoms with E-state index in [4.69, 9.17) is 0 Å². The quantitative estimate of drug-likeness (QED) is 0.522. The van der Waals surface area contributed by atoms with Gasteiger partial charge in [0.2, 0.25) is 0 Å². The summed E-state index contributed by atoms with van der Waals surface area (Å²) in [5.74, 6) is 0.827. The molecule has 1 fully saturated rings. The molecule has 0 atom stereocenters. The third-order valence-electron chi connectivity index (χ3n) is 4.84. The summed E-state index contributed by atoms with van der Waals surface area (Å²) in [6.07, 6.45) is 11.2. The highest BCUT2D eigenvalue weighted by Crippen LogP contribution is 2.28. The van der Waals surface area contributed by atoms with Crippen LogP contribution in [-0.2, 0) is 4.79 Å². The van der Waals surface area contributed by atoms with Crippen LogP contribution in [0, 0.1) is 12.8 Å². The summed E-state index contributed by atoms with van der Waals surface area (Å²) >= 11 is 3.58. The Morgan fingerprint density at radius 2 is 1.96 bits per heavy atom. The van der Waals surface area contributed by atoms with Gasteiger partial charge in [0.15, 0.2) is 0 Å². The van der Waals surface area contributed by atoms with Crippen molar-refractivity contribution in [3.8, 4) is 0 Å². The maximum absolute atomic E-state index is 12.6. The van der Waals surface area contributed by atoms with E-state index in [-0.39, 0.29) is 5.91 Å². The topological polar surface area (TPSA) is 29.1 Å². The first kappa shape index (κ1) is 18.3. The van der Waals surface area contributed by atoms with E-state index in [9.17, 15) is 4.79 Å². The maximum atomic E-state index is 12.6. The van der Waals surface area contributed by atoms with E-state index in [1.807, 2.05) is 38.1 Å². The average Bonchev–Trinajstić information content (AvgIpc) is 2.79. The van der Waals surface area contributed by atoms with Crippen molar-refractivity contribution in [1.82, 2.24) is 5.32 Å². The summed E-state index contributed by atoms with van der Waals surface area (Å²) < 4.78 is 0.976. The van der Waals surface area contributed by atoms with Crippen molar-refractivity contribution in [2.45, 2.75) is 58.8 Å². The van der Waals surface area contributed by atoms with Crippen molar-refractivity contribution >= 4 is 27.4 Å². The van der Waals surface area contributed by atoms with Crippen LogP contribution in [0.25, 0.3) is 5.57 Å². The van der Waals surface area contributed by atoms with Crippen molar-refractivity contribution < 1.29 is 4.79 Å². The average molecular weight is 378 g/mol. The van der Waals surface area contributed by atoms with E-state index in [2.05, 4.69) is 21.2 Å². The lowest BCUT2D eigenvalue weighted by Crippen LogP contribution is -2.27. The van der Waals surface area contributed by atoms with E-state index >= 15 is 0 Å². The van der Waals surface area contributed by atoms with Crippen LogP contribution in [0.3, 0.4) is 0 Å². The molecular formula is C20H28BrNO. The van der Waals surface area contributed by atoms with Gasteiger partial charge < -0.3 is 5.32 Å². The second kappa shape index (κ2) is 9.27. The second-order valence-electron chi connectivity index (χ2n) is 6.54. The molecule has 0 saturated heterocycles. The van der Waals surface area contributed by atoms with Gasteiger partial charge in [-0.05, 0) is 37.8 Å². The lowest BCUT2D eigenvalue weighted by molar-refractivity contribution is -0.115. The maximum Gasteiger partial charge on any atom is 0.251 e. The van der Waals surface area contributed by atoms with E-state index in [1.165, 1.54) is 38.5 Å². The number of halogens is 1. The monoisotopic (exact) mass is 377 g/mol. The van der Waals surface area contributed by atoms with Gasteiger partial charge in [0.05, 0.1) is 0 Å². The van der Waals surface area contributed by atoms with Crippen LogP contribution in [0.1, 0.15) is 63.0 Å². The summed E-state index contributed by atoms with van der Waals surface area (Å²) in [6.45, 7) is 4.76. The molecule has 0 spiro atoms. The van der Waals surface area contributed by atoms with Gasteiger partial charge in [-0.1, -0.05) is 72.7 Å². The van der Waals surface area contributed by atoms with Crippen molar-refractivity contribution in [2.24, 2.45) is 5.92 Å². The highest BCUT2D eigenvalue weighted by molar-refractivity contribution is 9.10. The zero-order chi connectivity index (χ0) is 16.7. The SMILES string of the molecule is C/C=C(/C(=O)NCCC1CCCCCC1)c1c(C)cccc1Br. The molecule has 1 amide bonds. The van der Waals surface area contributed by atoms with E-state index < -0.39 is 0 Å². The molecule has 1 N–H and O–H groups in total. The van der Waals surface area contributed by atoms with Crippen molar-refractivity contribution in [1.29, 1.82) is 0 Å². The summed E-state index contributed by atoms with van der Waals surface area (Å²) in [5, 5.41) is 3.13. The standard InChI is InChI=1S/C20H28BrNO/c1-3-17(19-15(2)9-8-12-18(19)21)20(23)22-14-13-16-10-6-4-5-7-11-16/h3,8-9,12,16H,4-7,10-11,13-14H2,1-2H3,(H,22,23)/b17-3+. The van der Waals surface area contributed by atoms with E-state index in [0.29, 0.717) is 0 Å². The lowest BCUT2D eigenvalue weighted by Gasteiger charge is -2.16. The largest absolute Gasteiger partial charge is 0.352 e. The number of rotatable bonds is 5. The number of nitrogens with one attached hydrogen (secondary N) is 1. The Bertz CT molecular complexity index is 537. The Morgan fingerprint density at radius 1 is 1.26 bits per heavy atom. The van der Waals surface area contributed by atoms with Gasteiger partial charge in [-0.15, -0.1) is 0 Å². The molecule has 1 aliphatic rings. The van der Waals surface area contributed by atoms with Gasteiger partial charge in [-0.2, -0.15) is 0 Å². The number of amides is 1. The first-order chi connectivity index (χ1) is 11.1. The number of hydrogen-bond acceptors (Lipinski definition) is 1. The molecule has 2 nitrogen and oxygen atoms in total. The molecule has 23 heavy (non-hydrogen) atoms. The summed E-state index contributed by atoms with van der Waals surface area (Å²) in [5.41, 5.74) is 2.88. The minimum atomic E-state index is 0.0381. The van der Waals surface area contributed by atoms with Gasteiger partial charge in [0, 0.05) is 22.2 Å². The Labute approximate surface area is 148 Å². The summed E-state index contributed by atoms with van der Waals surface area (Å²) in [6, 6.07) is 6.03. The third kappa shape index (κ3) is 5.20. The predicted octanol–water partition coefficient (Wildman–Crippen LogP) is 5.64. The predicted molar refractivity (Wildman–Crippen MR) is 101 cm³/mol. The smallest absolute Gasteiger partial charge is 0.251 e. The molecule has 1 aliphatic carbocycles. The van der Waals surface area contributed by atoms with Crippen LogP contribution in [0.4, 0.5) is 0 Å². The molecule has 0 bridgehead atoms. The Hall–Kier alpha value is -1.09. The molecule has 126 valence electrons. The van der Waals surface area contributed by atoms with Gasteiger partial charge in [-0.3, -0.25) is 4.79 Å². The van der Waals surface area contributed by atoms with Crippen LogP contribution in [-0.4, -0.2) is 12.5 Å². The minimum absolute atomic E-state index is 0.0381. The zero-order valence-electron chi connectivity index (χ0n) is 14.3. The molecule has 0 aliphatic heterocycles. The van der Waals surface area contributed by atoms with Crippen LogP contribution < -0.4 is 5.32 Å². The summed E-state index contributed by atoms with van der Waals surface area (Å²) in [4.78, 5) is 12.6. The first-order valence-corrected chi connectivity index (χ1v) is 9.62. The van der Waals surface area contributed by atoms with Gasteiger partial charge in [-0.25, -0.2) is 0 Å². The molecule has 1 aromatic carbocycles. The van der Waals surface area contributed by atoms with Gasteiger partial charge in [0.1, 0.15) is 0 Å². The molecule has 0 heterocycles. The number of hydrogen-bond donors (Lipinski definition) is 1. The molecule has 3 heteroatoms. The minimum Gasteiger partial charge on any atom is -0.352 e. The van der Waals surface area contributed by atoms with Crippen molar-refractivity contribution in [2.75, 3.05) is 6.54 Å². The second-order valence-corrected chi connectivity index (χ2v) is 7.39. The summed E-state index contributed by atoms with van der Waals surface area (Å²) in [7, 11) is 0. The van der Waals surface area contributed by atoms with Crippen molar-refractivity contribution in [3.05, 3.63) is 39.9 Å². The molecule has 1 aromatic rings. The van der Waals surface area contributed by atoms with E-state index in [0.717, 1.165) is 40.1 Å². The molecule has 2 rings (SSSR count). The first-order valence-electron chi connectivity index (χ1n) is 8.83. The lowest BCUT2D eigenvalue weighted by atomic mass is 9.96. The van der Waals surface area contributed by atoms with Crippen LogP contribution >= 0.6 is 15.9 Å². The van der Waals surface area contributed by atoms with Gasteiger partial charge >= 0.3 is 0 Å². The fourth-order valence-electron chi connectivity index (χ4n) is 3.50. The number of allylic oxidation sites excluding steroid dienone is 1. The Morgan fingerprint density at radius 3 is 2.57 bits per heavy atom. The molecule has 1 saturated carbocycles. The van der Waals surface area contributed by atoms with Crippen LogP contribution in [0.2, 0.25) is 0 Å². The van der Waals surface area contributed by atoms with Crippen LogP contribution in [0.5, 0.6) is 0 Å². The van der Waals surface area contributed by atoms with E-state index in [1.54, 1.807) is 0 Å². The zero-order valence-corrected chi connectivity index (χ0v) is 15.9. The van der Waals surface area contributed by atoms with Crippen molar-refractivity contribution in [3.63, 3.8) is 0 Å². The number of carbonyl (C=O) groups excluding carboxylic acids is 1. The highest BCUT2D eigenvalue weighted by atomic mass is 79.9. The molecule has 0 radical (unpaired) electrons. The molecule has 0 unspecified atom stereocenters. The Balaban J connectivity index is 1.93. The normalized spacial score (nSPS) is 16.9. The number of carbonyl (C=O) groups is 1. The molecule has 0 aromatic heterocycles. The Kier molecular flexibility index (Phi) is 7.35. The fourth-order valence-corrected chi connectivity index (χ4v) is 4.18. The number of benzene rings is 1. The van der Waals surface area contributed by atoms with Gasteiger partial charge in [0.25, 0.3) is 5.91 Å². The number of aryl methyl sites for hydroxylation is 1. The van der Waals surface area contributed by atoms with Crippen LogP contribution in [0.15, 0.2) is 28.7 Å².